The van der Waals surface area contributed by atoms with E-state index in [0.29, 0.717) is 18.5 Å². The minimum atomic E-state index is -0.978. The second-order valence-corrected chi connectivity index (χ2v) is 4.16. The molecule has 1 aromatic heterocycles. The number of hydrogen-bond acceptors (Lipinski definition) is 5. The molecule has 18 heavy (non-hydrogen) atoms. The number of aliphatic carboxylic acids is 1. The highest BCUT2D eigenvalue weighted by Crippen LogP contribution is 2.20. The number of nitrogens with zero attached hydrogens (tertiary/aromatic N) is 2. The second-order valence-electron chi connectivity index (χ2n) is 4.16. The molecule has 0 saturated carbocycles. The Balaban J connectivity index is 2.03. The molecule has 3 N–H and O–H groups in total. The largest absolute Gasteiger partial charge is 0.480 e. The Morgan fingerprint density at radius 3 is 3.11 bits per heavy atom. The molecule has 1 unspecified atom stereocenters. The predicted molar refractivity (Wildman–Crippen MR) is 67.5 cm³/mol. The van der Waals surface area contributed by atoms with E-state index in [4.69, 9.17) is 15.3 Å². The standard InChI is InChI=1S/C12H15N3O3/c1-15(5-4-9(13)12(16)17)8-2-3-10-11(6-8)18-7-14-10/h2-3,6-7,9H,4-5,13H2,1H3,(H,16,17). The Kier molecular flexibility index (Phi) is 3.47. The van der Waals surface area contributed by atoms with Crippen LogP contribution in [-0.2, 0) is 4.79 Å². The Morgan fingerprint density at radius 1 is 1.61 bits per heavy atom. The lowest BCUT2D eigenvalue weighted by Gasteiger charge is -2.20. The molecule has 1 aromatic carbocycles. The molecule has 6 heteroatoms. The molecule has 0 aliphatic carbocycles. The smallest absolute Gasteiger partial charge is 0.320 e. The van der Waals surface area contributed by atoms with Crippen molar-refractivity contribution in [2.75, 3.05) is 18.5 Å². The third-order valence-corrected chi connectivity index (χ3v) is 2.85. The molecule has 0 radical (unpaired) electrons. The van der Waals surface area contributed by atoms with Crippen molar-refractivity contribution in [1.29, 1.82) is 0 Å². The van der Waals surface area contributed by atoms with Gasteiger partial charge in [-0.15, -0.1) is 0 Å². The summed E-state index contributed by atoms with van der Waals surface area (Å²) in [4.78, 5) is 16.6. The van der Waals surface area contributed by atoms with Crippen molar-refractivity contribution in [3.8, 4) is 0 Å². The van der Waals surface area contributed by atoms with Crippen molar-refractivity contribution in [3.05, 3.63) is 24.6 Å². The number of carboxylic acid groups (broad SMARTS) is 1. The summed E-state index contributed by atoms with van der Waals surface area (Å²) in [5, 5.41) is 8.71. The van der Waals surface area contributed by atoms with Crippen molar-refractivity contribution in [1.82, 2.24) is 4.98 Å². The summed E-state index contributed by atoms with van der Waals surface area (Å²) in [6.07, 6.45) is 1.79. The van der Waals surface area contributed by atoms with Crippen LogP contribution in [0.3, 0.4) is 0 Å². The first-order chi connectivity index (χ1) is 8.58. The lowest BCUT2D eigenvalue weighted by molar-refractivity contribution is -0.138. The van der Waals surface area contributed by atoms with E-state index in [1.54, 1.807) is 0 Å². The Bertz CT molecular complexity index is 552. The van der Waals surface area contributed by atoms with E-state index in [9.17, 15) is 4.79 Å². The van der Waals surface area contributed by atoms with Gasteiger partial charge in [0, 0.05) is 25.3 Å². The van der Waals surface area contributed by atoms with Gasteiger partial charge < -0.3 is 20.2 Å². The summed E-state index contributed by atoms with van der Waals surface area (Å²) in [7, 11) is 1.88. The summed E-state index contributed by atoms with van der Waals surface area (Å²) in [6.45, 7) is 0.563. The molecule has 2 rings (SSSR count). The van der Waals surface area contributed by atoms with Gasteiger partial charge in [0.15, 0.2) is 12.0 Å². The van der Waals surface area contributed by atoms with Crippen LogP contribution in [0.4, 0.5) is 5.69 Å². The average molecular weight is 249 g/mol. The lowest BCUT2D eigenvalue weighted by atomic mass is 10.2. The summed E-state index contributed by atoms with van der Waals surface area (Å²) >= 11 is 0. The number of oxazole rings is 1. The van der Waals surface area contributed by atoms with E-state index < -0.39 is 12.0 Å². The molecule has 0 bridgehead atoms. The molecule has 0 saturated heterocycles. The maximum absolute atomic E-state index is 10.6. The van der Waals surface area contributed by atoms with Crippen LogP contribution in [-0.4, -0.2) is 35.7 Å². The van der Waals surface area contributed by atoms with Gasteiger partial charge in [0.1, 0.15) is 11.6 Å². The van der Waals surface area contributed by atoms with Gasteiger partial charge in [0.2, 0.25) is 0 Å². The number of hydrogen-bond donors (Lipinski definition) is 2. The fourth-order valence-electron chi connectivity index (χ4n) is 1.67. The first-order valence-electron chi connectivity index (χ1n) is 5.60. The molecule has 1 heterocycles. The summed E-state index contributed by atoms with van der Waals surface area (Å²) < 4.78 is 5.22. The van der Waals surface area contributed by atoms with Crippen molar-refractivity contribution >= 4 is 22.8 Å². The monoisotopic (exact) mass is 249 g/mol. The van der Waals surface area contributed by atoms with Crippen LogP contribution in [0.1, 0.15) is 6.42 Å². The van der Waals surface area contributed by atoms with Gasteiger partial charge in [-0.1, -0.05) is 0 Å². The van der Waals surface area contributed by atoms with Gasteiger partial charge in [-0.2, -0.15) is 0 Å². The molecule has 0 amide bonds. The predicted octanol–water partition coefficient (Wildman–Crippen LogP) is 1.07. The van der Waals surface area contributed by atoms with Crippen molar-refractivity contribution < 1.29 is 14.3 Å². The van der Waals surface area contributed by atoms with Crippen LogP contribution in [0.15, 0.2) is 29.0 Å². The Hall–Kier alpha value is -2.08. The maximum atomic E-state index is 10.6. The quantitative estimate of drug-likeness (QED) is 0.823. The fourth-order valence-corrected chi connectivity index (χ4v) is 1.67. The third-order valence-electron chi connectivity index (χ3n) is 2.85. The highest BCUT2D eigenvalue weighted by Gasteiger charge is 2.12. The first kappa shape index (κ1) is 12.4. The van der Waals surface area contributed by atoms with E-state index in [2.05, 4.69) is 4.98 Å². The summed E-state index contributed by atoms with van der Waals surface area (Å²) in [6, 6.07) is 4.81. The normalized spacial score (nSPS) is 12.6. The zero-order chi connectivity index (χ0) is 13.1. The molecular formula is C12H15N3O3. The van der Waals surface area contributed by atoms with Gasteiger partial charge in [-0.25, -0.2) is 4.98 Å². The fraction of sp³-hybridized carbons (Fsp3) is 0.333. The topological polar surface area (TPSA) is 92.6 Å². The Morgan fingerprint density at radius 2 is 2.39 bits per heavy atom. The third kappa shape index (κ3) is 2.60. The van der Waals surface area contributed by atoms with E-state index in [1.807, 2.05) is 30.1 Å². The molecular weight excluding hydrogens is 234 g/mol. The van der Waals surface area contributed by atoms with Crippen molar-refractivity contribution in [3.63, 3.8) is 0 Å². The molecule has 96 valence electrons. The highest BCUT2D eigenvalue weighted by molar-refractivity contribution is 5.77. The number of fused-ring (bicyclic) bond motifs is 1. The van der Waals surface area contributed by atoms with Crippen molar-refractivity contribution in [2.24, 2.45) is 5.73 Å². The molecule has 6 nitrogen and oxygen atoms in total. The summed E-state index contributed by atoms with van der Waals surface area (Å²) in [5.41, 5.74) is 7.91. The molecule has 0 spiro atoms. The van der Waals surface area contributed by atoms with E-state index >= 15 is 0 Å². The van der Waals surface area contributed by atoms with Crippen LogP contribution in [0.5, 0.6) is 0 Å². The van der Waals surface area contributed by atoms with Gasteiger partial charge in [0.25, 0.3) is 0 Å². The van der Waals surface area contributed by atoms with Gasteiger partial charge in [-0.3, -0.25) is 4.79 Å². The van der Waals surface area contributed by atoms with E-state index in [-0.39, 0.29) is 0 Å². The van der Waals surface area contributed by atoms with Gasteiger partial charge >= 0.3 is 5.97 Å². The van der Waals surface area contributed by atoms with E-state index in [0.717, 1.165) is 11.2 Å². The number of rotatable bonds is 5. The molecule has 0 aliphatic rings. The zero-order valence-corrected chi connectivity index (χ0v) is 10.0. The number of benzene rings is 1. The number of carbonyl (C=O) groups is 1. The second kappa shape index (κ2) is 5.05. The van der Waals surface area contributed by atoms with Gasteiger partial charge in [0.05, 0.1) is 0 Å². The first-order valence-corrected chi connectivity index (χ1v) is 5.60. The average Bonchev–Trinajstić information content (AvgIpc) is 2.82. The van der Waals surface area contributed by atoms with Crippen LogP contribution in [0.25, 0.3) is 11.1 Å². The molecule has 0 aliphatic heterocycles. The Labute approximate surface area is 104 Å². The number of carboxylic acids is 1. The summed E-state index contributed by atoms with van der Waals surface area (Å²) in [5.74, 6) is -0.978. The zero-order valence-electron chi connectivity index (χ0n) is 10.0. The van der Waals surface area contributed by atoms with Crippen LogP contribution < -0.4 is 10.6 Å². The minimum absolute atomic E-state index is 0.389. The number of anilines is 1. The SMILES string of the molecule is CN(CCC(N)C(=O)O)c1ccc2ncoc2c1. The van der Waals surface area contributed by atoms with Gasteiger partial charge in [-0.05, 0) is 18.6 Å². The minimum Gasteiger partial charge on any atom is -0.480 e. The van der Waals surface area contributed by atoms with Crippen LogP contribution in [0.2, 0.25) is 0 Å². The van der Waals surface area contributed by atoms with Crippen LogP contribution >= 0.6 is 0 Å². The molecule has 1 atom stereocenters. The van der Waals surface area contributed by atoms with Crippen LogP contribution in [0, 0.1) is 0 Å². The lowest BCUT2D eigenvalue weighted by Crippen LogP contribution is -2.34. The highest BCUT2D eigenvalue weighted by atomic mass is 16.4. The maximum Gasteiger partial charge on any atom is 0.320 e. The van der Waals surface area contributed by atoms with Crippen molar-refractivity contribution in [2.45, 2.75) is 12.5 Å². The molecule has 2 aromatic rings. The number of nitrogens with two attached hydrogens (primary N) is 1. The number of aromatic nitrogens is 1. The van der Waals surface area contributed by atoms with E-state index in [1.165, 1.54) is 6.39 Å². The molecule has 0 fully saturated rings.